The van der Waals surface area contributed by atoms with E-state index in [4.69, 9.17) is 34.4 Å². The topological polar surface area (TPSA) is 129 Å². The first-order chi connectivity index (χ1) is 17.2. The number of hydrogen-bond acceptors (Lipinski definition) is 7. The van der Waals surface area contributed by atoms with Crippen LogP contribution in [0.3, 0.4) is 0 Å². The fourth-order valence-corrected chi connectivity index (χ4v) is 4.67. The van der Waals surface area contributed by atoms with Gasteiger partial charge in [-0.05, 0) is 64.5 Å². The Bertz CT molecular complexity index is 920. The van der Waals surface area contributed by atoms with Crippen LogP contribution in [0, 0.1) is 11.8 Å². The summed E-state index contributed by atoms with van der Waals surface area (Å²) in [6, 6.07) is 5.97. The van der Waals surface area contributed by atoms with Gasteiger partial charge in [0.15, 0.2) is 11.5 Å². The molecule has 2 N–H and O–H groups in total. The number of carbonyl (C=O) groups is 3. The molecule has 0 saturated heterocycles. The van der Waals surface area contributed by atoms with Crippen molar-refractivity contribution in [2.45, 2.75) is 51.4 Å². The molecule has 200 valence electrons. The second-order valence-electron chi connectivity index (χ2n) is 9.34. The molecule has 3 rings (SSSR count). The standard InChI is InChI=1S/C24H37N3O3.C2H2O4/c1-26(2)15-9-5-6-10-16-27-24(28)20-12-8-7-11-19(20)23(25-27)18-13-14-21(29-3)22(17-18)30-4;3-1(4)2(5)6/h13-14,17,19-20H,5-12,15-16H2,1-4H3;(H,3,4)(H,5,6)/t19-,20+;/m1./s1. The number of aliphatic carboxylic acids is 2. The molecule has 0 bridgehead atoms. The lowest BCUT2D eigenvalue weighted by molar-refractivity contribution is -0.159. The lowest BCUT2D eigenvalue weighted by Crippen LogP contribution is -2.46. The molecule has 0 unspecified atom stereocenters. The number of amides is 1. The maximum atomic E-state index is 13.1. The molecule has 1 aliphatic heterocycles. The SMILES string of the molecule is COc1ccc(C2=NN(CCCCCCN(C)C)C(=O)[C@H]3CCCC[C@@H]23)cc1OC.O=C(O)C(=O)O. The minimum atomic E-state index is -1.82. The third-order valence-corrected chi connectivity index (χ3v) is 6.50. The van der Waals surface area contributed by atoms with E-state index in [0.29, 0.717) is 18.0 Å². The second kappa shape index (κ2) is 14.4. The number of benzene rings is 1. The minimum absolute atomic E-state index is 0.0630. The Morgan fingerprint density at radius 3 is 2.17 bits per heavy atom. The van der Waals surface area contributed by atoms with Crippen LogP contribution in [0.1, 0.15) is 56.9 Å². The van der Waals surface area contributed by atoms with Gasteiger partial charge in [0.2, 0.25) is 5.91 Å². The largest absolute Gasteiger partial charge is 0.493 e. The van der Waals surface area contributed by atoms with Gasteiger partial charge >= 0.3 is 11.9 Å². The molecular weight excluding hydrogens is 466 g/mol. The van der Waals surface area contributed by atoms with Gasteiger partial charge in [-0.1, -0.05) is 25.7 Å². The van der Waals surface area contributed by atoms with Crippen LogP contribution in [-0.4, -0.2) is 85.1 Å². The lowest BCUT2D eigenvalue weighted by Gasteiger charge is -2.38. The van der Waals surface area contributed by atoms with Gasteiger partial charge in [-0.3, -0.25) is 4.79 Å². The highest BCUT2D eigenvalue weighted by molar-refractivity contribution is 6.27. The molecule has 10 nitrogen and oxygen atoms in total. The molecule has 2 aliphatic rings. The Labute approximate surface area is 212 Å². The number of carboxylic acids is 2. The van der Waals surface area contributed by atoms with Gasteiger partial charge in [0.1, 0.15) is 0 Å². The van der Waals surface area contributed by atoms with Gasteiger partial charge < -0.3 is 24.6 Å². The number of fused-ring (bicyclic) bond motifs is 1. The smallest absolute Gasteiger partial charge is 0.414 e. The molecule has 1 aromatic rings. The number of ether oxygens (including phenoxy) is 2. The highest BCUT2D eigenvalue weighted by Gasteiger charge is 2.41. The molecule has 1 fully saturated rings. The van der Waals surface area contributed by atoms with Crippen molar-refractivity contribution in [2.75, 3.05) is 41.4 Å². The van der Waals surface area contributed by atoms with Gasteiger partial charge in [0.25, 0.3) is 0 Å². The number of hydrogen-bond donors (Lipinski definition) is 2. The number of hydrazone groups is 1. The Hall–Kier alpha value is -3.14. The molecule has 0 radical (unpaired) electrons. The molecule has 0 spiro atoms. The summed E-state index contributed by atoms with van der Waals surface area (Å²) in [6.07, 6.45) is 8.81. The number of carboxylic acid groups (broad SMARTS) is 2. The van der Waals surface area contributed by atoms with Crippen molar-refractivity contribution < 1.29 is 34.1 Å². The average Bonchev–Trinajstić information content (AvgIpc) is 2.87. The Balaban J connectivity index is 0.000000678. The van der Waals surface area contributed by atoms with Crippen LogP contribution >= 0.6 is 0 Å². The van der Waals surface area contributed by atoms with Gasteiger partial charge in [0, 0.05) is 23.9 Å². The van der Waals surface area contributed by atoms with Crippen LogP contribution in [0.2, 0.25) is 0 Å². The van der Waals surface area contributed by atoms with Crippen molar-refractivity contribution in [3.05, 3.63) is 23.8 Å². The zero-order chi connectivity index (χ0) is 26.7. The Morgan fingerprint density at radius 1 is 0.972 bits per heavy atom. The fourth-order valence-electron chi connectivity index (χ4n) is 4.67. The summed E-state index contributed by atoms with van der Waals surface area (Å²) in [5.74, 6) is -1.74. The summed E-state index contributed by atoms with van der Waals surface area (Å²) >= 11 is 0. The van der Waals surface area contributed by atoms with Gasteiger partial charge in [-0.2, -0.15) is 5.10 Å². The van der Waals surface area contributed by atoms with Crippen molar-refractivity contribution in [2.24, 2.45) is 16.9 Å². The first-order valence-electron chi connectivity index (χ1n) is 12.4. The number of nitrogens with zero attached hydrogens (tertiary/aromatic N) is 3. The highest BCUT2D eigenvalue weighted by atomic mass is 16.5. The fraction of sp³-hybridized carbons (Fsp3) is 0.615. The molecule has 10 heteroatoms. The third kappa shape index (κ3) is 8.22. The van der Waals surface area contributed by atoms with E-state index in [1.165, 1.54) is 12.8 Å². The molecule has 2 atom stereocenters. The van der Waals surface area contributed by atoms with Crippen molar-refractivity contribution in [3.8, 4) is 11.5 Å². The average molecular weight is 506 g/mol. The minimum Gasteiger partial charge on any atom is -0.493 e. The lowest BCUT2D eigenvalue weighted by atomic mass is 9.73. The number of methoxy groups -OCH3 is 2. The number of carbonyl (C=O) groups excluding carboxylic acids is 1. The van der Waals surface area contributed by atoms with E-state index < -0.39 is 11.9 Å². The monoisotopic (exact) mass is 505 g/mol. The van der Waals surface area contributed by atoms with Crippen molar-refractivity contribution in [1.82, 2.24) is 9.91 Å². The van der Waals surface area contributed by atoms with Crippen molar-refractivity contribution in [1.29, 1.82) is 0 Å². The predicted molar refractivity (Wildman–Crippen MR) is 136 cm³/mol. The number of rotatable bonds is 10. The Kier molecular flexibility index (Phi) is 11.7. The maximum Gasteiger partial charge on any atom is 0.414 e. The molecular formula is C26H39N3O7. The van der Waals surface area contributed by atoms with Gasteiger partial charge in [-0.15, -0.1) is 0 Å². The van der Waals surface area contributed by atoms with Crippen LogP contribution in [-0.2, 0) is 14.4 Å². The molecule has 1 heterocycles. The Morgan fingerprint density at radius 2 is 1.58 bits per heavy atom. The van der Waals surface area contributed by atoms with Crippen LogP contribution < -0.4 is 9.47 Å². The van der Waals surface area contributed by atoms with Crippen molar-refractivity contribution >= 4 is 23.6 Å². The summed E-state index contributed by atoms with van der Waals surface area (Å²) in [7, 11) is 7.51. The molecule has 1 saturated carbocycles. The normalized spacial score (nSPS) is 19.1. The predicted octanol–water partition coefficient (Wildman–Crippen LogP) is 3.33. The molecule has 0 aromatic heterocycles. The van der Waals surface area contributed by atoms with Gasteiger partial charge in [0.05, 0.1) is 19.9 Å². The third-order valence-electron chi connectivity index (χ3n) is 6.50. The van der Waals surface area contributed by atoms with Crippen LogP contribution in [0.25, 0.3) is 0 Å². The molecule has 1 aromatic carbocycles. The summed E-state index contributed by atoms with van der Waals surface area (Å²) in [5, 5.41) is 21.4. The maximum absolute atomic E-state index is 13.1. The molecule has 1 aliphatic carbocycles. The molecule has 36 heavy (non-hydrogen) atoms. The highest BCUT2D eigenvalue weighted by Crippen LogP contribution is 2.39. The van der Waals surface area contributed by atoms with Gasteiger partial charge in [-0.25, -0.2) is 14.6 Å². The summed E-state index contributed by atoms with van der Waals surface area (Å²) in [5.41, 5.74) is 2.07. The summed E-state index contributed by atoms with van der Waals surface area (Å²) < 4.78 is 10.9. The van der Waals surface area contributed by atoms with E-state index in [-0.39, 0.29) is 17.7 Å². The first kappa shape index (κ1) is 29.1. The number of unbranched alkanes of at least 4 members (excludes halogenated alkanes) is 3. The van der Waals surface area contributed by atoms with E-state index in [1.807, 2.05) is 18.2 Å². The van der Waals surface area contributed by atoms with E-state index >= 15 is 0 Å². The zero-order valence-corrected chi connectivity index (χ0v) is 21.7. The second-order valence-corrected chi connectivity index (χ2v) is 9.34. The van der Waals surface area contributed by atoms with Crippen molar-refractivity contribution in [3.63, 3.8) is 0 Å². The molecule has 1 amide bonds. The quantitative estimate of drug-likeness (QED) is 0.366. The van der Waals surface area contributed by atoms with E-state index in [0.717, 1.165) is 56.3 Å². The van der Waals surface area contributed by atoms with Crippen LogP contribution in [0.4, 0.5) is 0 Å². The van der Waals surface area contributed by atoms with E-state index in [1.54, 1.807) is 19.2 Å². The first-order valence-corrected chi connectivity index (χ1v) is 12.4. The van der Waals surface area contributed by atoms with Crippen LogP contribution in [0.5, 0.6) is 11.5 Å². The van der Waals surface area contributed by atoms with E-state index in [9.17, 15) is 4.79 Å². The summed E-state index contributed by atoms with van der Waals surface area (Å²) in [4.78, 5) is 33.6. The van der Waals surface area contributed by atoms with E-state index in [2.05, 4.69) is 19.0 Å². The zero-order valence-electron chi connectivity index (χ0n) is 21.7. The van der Waals surface area contributed by atoms with Crippen LogP contribution in [0.15, 0.2) is 23.3 Å². The summed E-state index contributed by atoms with van der Waals surface area (Å²) in [6.45, 7) is 1.83.